The lowest BCUT2D eigenvalue weighted by molar-refractivity contribution is 0.683. The van der Waals surface area contributed by atoms with Gasteiger partial charge in [-0.3, -0.25) is 0 Å². The smallest absolute Gasteiger partial charge is 0.190 e. The minimum atomic E-state index is 0.939. The molecule has 2 aromatic heterocycles. The standard InChI is InChI=1S/C15H15N3S3/c1-19-9-6-7-11-13(8-9)21-15(17-11)18-14-16-10-4-2-3-5-12(10)20-14/h6-8H,2-5H2,1H3,(H,16,17,18). The first-order valence-electron chi connectivity index (χ1n) is 7.02. The zero-order valence-corrected chi connectivity index (χ0v) is 14.1. The predicted octanol–water partition coefficient (Wildman–Crippen LogP) is 5.10. The Morgan fingerprint density at radius 3 is 2.81 bits per heavy atom. The quantitative estimate of drug-likeness (QED) is 0.677. The number of hydrogen-bond donors (Lipinski definition) is 1. The third-order valence-corrected chi connectivity index (χ3v) is 6.39. The van der Waals surface area contributed by atoms with Crippen LogP contribution in [0, 0.1) is 0 Å². The number of rotatable bonds is 3. The van der Waals surface area contributed by atoms with Gasteiger partial charge in [0.05, 0.1) is 15.9 Å². The summed E-state index contributed by atoms with van der Waals surface area (Å²) >= 11 is 5.25. The van der Waals surface area contributed by atoms with Crippen molar-refractivity contribution < 1.29 is 0 Å². The molecular weight excluding hydrogens is 318 g/mol. The Morgan fingerprint density at radius 1 is 1.10 bits per heavy atom. The monoisotopic (exact) mass is 333 g/mol. The minimum Gasteiger partial charge on any atom is -0.307 e. The summed E-state index contributed by atoms with van der Waals surface area (Å²) in [5.74, 6) is 0. The number of benzene rings is 1. The molecule has 3 aromatic rings. The van der Waals surface area contributed by atoms with Crippen molar-refractivity contribution in [1.82, 2.24) is 9.97 Å². The summed E-state index contributed by atoms with van der Waals surface area (Å²) in [5, 5.41) is 5.33. The summed E-state index contributed by atoms with van der Waals surface area (Å²) in [6.07, 6.45) is 6.99. The average molecular weight is 334 g/mol. The summed E-state index contributed by atoms with van der Waals surface area (Å²) in [4.78, 5) is 12.1. The molecule has 2 heterocycles. The van der Waals surface area contributed by atoms with Crippen LogP contribution in [0.1, 0.15) is 23.4 Å². The van der Waals surface area contributed by atoms with E-state index in [0.717, 1.165) is 22.2 Å². The van der Waals surface area contributed by atoms with Crippen LogP contribution in [0.4, 0.5) is 10.3 Å². The molecule has 0 fully saturated rings. The third kappa shape index (κ3) is 2.67. The molecule has 3 nitrogen and oxygen atoms in total. The molecule has 0 radical (unpaired) electrons. The molecule has 1 aromatic carbocycles. The van der Waals surface area contributed by atoms with Gasteiger partial charge in [0.15, 0.2) is 10.3 Å². The van der Waals surface area contributed by atoms with Crippen LogP contribution in [0.25, 0.3) is 10.2 Å². The average Bonchev–Trinajstić information content (AvgIpc) is 3.08. The van der Waals surface area contributed by atoms with E-state index in [0.29, 0.717) is 0 Å². The fraction of sp³-hybridized carbons (Fsp3) is 0.333. The predicted molar refractivity (Wildman–Crippen MR) is 93.4 cm³/mol. The van der Waals surface area contributed by atoms with Gasteiger partial charge in [-0.25, -0.2) is 9.97 Å². The van der Waals surface area contributed by atoms with Crippen LogP contribution >= 0.6 is 34.4 Å². The summed E-state index contributed by atoms with van der Waals surface area (Å²) in [6, 6.07) is 6.42. The van der Waals surface area contributed by atoms with Crippen molar-refractivity contribution in [2.75, 3.05) is 11.6 Å². The maximum atomic E-state index is 4.72. The highest BCUT2D eigenvalue weighted by Gasteiger charge is 2.16. The van der Waals surface area contributed by atoms with Gasteiger partial charge in [-0.1, -0.05) is 11.3 Å². The molecule has 1 aliphatic carbocycles. The number of hydrogen-bond acceptors (Lipinski definition) is 6. The van der Waals surface area contributed by atoms with Gasteiger partial charge in [0.2, 0.25) is 0 Å². The molecular formula is C15H15N3S3. The highest BCUT2D eigenvalue weighted by atomic mass is 32.2. The lowest BCUT2D eigenvalue weighted by atomic mass is 10.0. The molecule has 0 bridgehead atoms. The molecule has 6 heteroatoms. The molecule has 0 spiro atoms. The third-order valence-electron chi connectivity index (χ3n) is 3.66. The van der Waals surface area contributed by atoms with Gasteiger partial charge in [0.1, 0.15) is 0 Å². The van der Waals surface area contributed by atoms with Crippen LogP contribution in [-0.4, -0.2) is 16.2 Å². The van der Waals surface area contributed by atoms with Crippen molar-refractivity contribution in [2.45, 2.75) is 30.6 Å². The maximum absolute atomic E-state index is 4.72. The van der Waals surface area contributed by atoms with Crippen molar-refractivity contribution in [2.24, 2.45) is 0 Å². The molecule has 0 atom stereocenters. The van der Waals surface area contributed by atoms with Gasteiger partial charge in [0.25, 0.3) is 0 Å². The molecule has 21 heavy (non-hydrogen) atoms. The molecule has 0 unspecified atom stereocenters. The van der Waals surface area contributed by atoms with Crippen LogP contribution in [0.5, 0.6) is 0 Å². The van der Waals surface area contributed by atoms with Gasteiger partial charge in [-0.05, 0) is 50.1 Å². The molecule has 4 rings (SSSR count). The highest BCUT2D eigenvalue weighted by molar-refractivity contribution is 7.98. The van der Waals surface area contributed by atoms with Gasteiger partial charge in [-0.2, -0.15) is 0 Å². The molecule has 1 N–H and O–H groups in total. The fourth-order valence-corrected chi connectivity index (χ4v) is 5.11. The van der Waals surface area contributed by atoms with E-state index in [4.69, 9.17) is 4.98 Å². The van der Waals surface area contributed by atoms with Gasteiger partial charge >= 0.3 is 0 Å². The number of thioether (sulfide) groups is 1. The number of nitrogens with one attached hydrogen (secondary N) is 1. The number of aromatic nitrogens is 2. The molecule has 108 valence electrons. The topological polar surface area (TPSA) is 37.8 Å². The Kier molecular flexibility index (Phi) is 3.61. The van der Waals surface area contributed by atoms with E-state index in [2.05, 4.69) is 34.8 Å². The van der Waals surface area contributed by atoms with Crippen molar-refractivity contribution in [3.05, 3.63) is 28.8 Å². The van der Waals surface area contributed by atoms with E-state index in [9.17, 15) is 0 Å². The first-order chi connectivity index (χ1) is 10.3. The molecule has 0 amide bonds. The SMILES string of the molecule is CSc1ccc2nc(Nc3nc4c(s3)CCCC4)sc2c1. The minimum absolute atomic E-state index is 0.939. The Labute approximate surface area is 135 Å². The summed E-state index contributed by atoms with van der Waals surface area (Å²) < 4.78 is 1.23. The van der Waals surface area contributed by atoms with Crippen molar-refractivity contribution in [3.8, 4) is 0 Å². The van der Waals surface area contributed by atoms with Crippen LogP contribution in [0.2, 0.25) is 0 Å². The largest absolute Gasteiger partial charge is 0.307 e. The van der Waals surface area contributed by atoms with Crippen LogP contribution in [0.3, 0.4) is 0 Å². The van der Waals surface area contributed by atoms with E-state index >= 15 is 0 Å². The Morgan fingerprint density at radius 2 is 1.95 bits per heavy atom. The summed E-state index contributed by atoms with van der Waals surface area (Å²) in [5.41, 5.74) is 2.35. The first-order valence-corrected chi connectivity index (χ1v) is 9.88. The fourth-order valence-electron chi connectivity index (χ4n) is 2.58. The lowest BCUT2D eigenvalue weighted by Crippen LogP contribution is -1.99. The normalized spacial score (nSPS) is 14.3. The Bertz CT molecular complexity index is 767. The van der Waals surface area contributed by atoms with Gasteiger partial charge in [-0.15, -0.1) is 23.1 Å². The number of fused-ring (bicyclic) bond motifs is 2. The van der Waals surface area contributed by atoms with E-state index in [-0.39, 0.29) is 0 Å². The van der Waals surface area contributed by atoms with Crippen LogP contribution in [-0.2, 0) is 12.8 Å². The second-order valence-corrected chi connectivity index (χ2v) is 8.07. The summed E-state index contributed by atoms with van der Waals surface area (Å²) in [7, 11) is 0. The molecule has 1 aliphatic rings. The first kappa shape index (κ1) is 13.5. The Balaban J connectivity index is 1.63. The highest BCUT2D eigenvalue weighted by Crippen LogP contribution is 2.34. The molecule has 0 saturated heterocycles. The zero-order chi connectivity index (χ0) is 14.2. The van der Waals surface area contributed by atoms with Gasteiger partial charge in [0, 0.05) is 9.77 Å². The van der Waals surface area contributed by atoms with E-state index < -0.39 is 0 Å². The van der Waals surface area contributed by atoms with Crippen LogP contribution in [0.15, 0.2) is 23.1 Å². The molecule has 0 saturated carbocycles. The zero-order valence-electron chi connectivity index (χ0n) is 11.7. The maximum Gasteiger partial charge on any atom is 0.190 e. The van der Waals surface area contributed by atoms with Gasteiger partial charge < -0.3 is 5.32 Å². The number of nitrogens with zero attached hydrogens (tertiary/aromatic N) is 2. The number of thiazole rings is 2. The van der Waals surface area contributed by atoms with Crippen molar-refractivity contribution >= 4 is 54.9 Å². The number of aryl methyl sites for hydroxylation is 2. The summed E-state index contributed by atoms with van der Waals surface area (Å²) in [6.45, 7) is 0. The van der Waals surface area contributed by atoms with Crippen molar-refractivity contribution in [3.63, 3.8) is 0 Å². The Hall–Kier alpha value is -1.11. The van der Waals surface area contributed by atoms with E-state index in [1.807, 2.05) is 0 Å². The van der Waals surface area contributed by atoms with Crippen LogP contribution < -0.4 is 5.32 Å². The number of anilines is 2. The lowest BCUT2D eigenvalue weighted by Gasteiger charge is -2.06. The van der Waals surface area contributed by atoms with Crippen molar-refractivity contribution in [1.29, 1.82) is 0 Å². The second kappa shape index (κ2) is 5.59. The molecule has 0 aliphatic heterocycles. The second-order valence-electron chi connectivity index (χ2n) is 5.07. The van der Waals surface area contributed by atoms with E-state index in [1.165, 1.54) is 39.4 Å². The van der Waals surface area contributed by atoms with E-state index in [1.54, 1.807) is 34.4 Å².